The summed E-state index contributed by atoms with van der Waals surface area (Å²) in [5.74, 6) is 0. The Bertz CT molecular complexity index is 196. The smallest absolute Gasteiger partial charge is 0.0383 e. The van der Waals surface area contributed by atoms with Gasteiger partial charge in [-0.3, -0.25) is 0 Å². The van der Waals surface area contributed by atoms with Crippen LogP contribution in [-0.4, -0.2) is 18.0 Å². The van der Waals surface area contributed by atoms with Crippen molar-refractivity contribution in [3.63, 3.8) is 0 Å². The highest BCUT2D eigenvalue weighted by Crippen LogP contribution is 2.08. The van der Waals surface area contributed by atoms with Crippen LogP contribution in [0, 0.1) is 0 Å². The topological polar surface area (TPSA) is 3.24 Å². The van der Waals surface area contributed by atoms with Crippen LogP contribution in [0.5, 0.6) is 0 Å². The van der Waals surface area contributed by atoms with Gasteiger partial charge >= 0.3 is 0 Å². The van der Waals surface area contributed by atoms with E-state index in [4.69, 9.17) is 0 Å². The molecule has 0 N–H and O–H groups in total. The zero-order valence-corrected chi connectivity index (χ0v) is 11.0. The molecule has 0 amide bonds. The Labute approximate surface area is 98.6 Å². The van der Waals surface area contributed by atoms with Gasteiger partial charge in [0.25, 0.3) is 0 Å². The lowest BCUT2D eigenvalue weighted by Gasteiger charge is -2.23. The zero-order chi connectivity index (χ0) is 9.52. The minimum Gasteiger partial charge on any atom is -0.373 e. The summed E-state index contributed by atoms with van der Waals surface area (Å²) in [5, 5.41) is 0. The summed E-state index contributed by atoms with van der Waals surface area (Å²) in [5.41, 5.74) is 1.47. The first-order valence-corrected chi connectivity index (χ1v) is 5.41. The van der Waals surface area contributed by atoms with E-state index in [-0.39, 0.29) is 17.0 Å². The van der Waals surface area contributed by atoms with Crippen molar-refractivity contribution in [3.8, 4) is 0 Å². The van der Waals surface area contributed by atoms with Crippen LogP contribution in [0.4, 0.5) is 0 Å². The minimum absolute atomic E-state index is 0. The second kappa shape index (κ2) is 8.10. The molecular formula is C12H22BrN. The second-order valence-corrected chi connectivity index (χ2v) is 3.89. The number of halogens is 1. The van der Waals surface area contributed by atoms with E-state index in [0.29, 0.717) is 0 Å². The first-order valence-electron chi connectivity index (χ1n) is 5.41. The fraction of sp³-hybridized carbons (Fsp3) is 0.667. The van der Waals surface area contributed by atoms with E-state index >= 15 is 0 Å². The van der Waals surface area contributed by atoms with Gasteiger partial charge in [0.15, 0.2) is 0 Å². The molecule has 0 aliphatic carbocycles. The molecular weight excluding hydrogens is 238 g/mol. The first kappa shape index (κ1) is 13.8. The summed E-state index contributed by atoms with van der Waals surface area (Å²) < 4.78 is 0. The number of nitrogens with zero attached hydrogens (tertiary/aromatic N) is 1. The second-order valence-electron chi connectivity index (χ2n) is 3.89. The van der Waals surface area contributed by atoms with Gasteiger partial charge in [-0.25, -0.2) is 0 Å². The van der Waals surface area contributed by atoms with E-state index < -0.39 is 0 Å². The van der Waals surface area contributed by atoms with Crippen LogP contribution in [0.1, 0.15) is 39.5 Å². The molecule has 1 rings (SSSR count). The number of hydrogen-bond acceptors (Lipinski definition) is 1. The van der Waals surface area contributed by atoms with Gasteiger partial charge < -0.3 is 4.90 Å². The molecule has 0 atom stereocenters. The summed E-state index contributed by atoms with van der Waals surface area (Å²) in [6, 6.07) is 0. The Balaban J connectivity index is 0.00000169. The Morgan fingerprint density at radius 2 is 2.07 bits per heavy atom. The normalized spacial score (nSPS) is 15.0. The minimum atomic E-state index is 0. The Morgan fingerprint density at radius 3 is 2.71 bits per heavy atom. The molecule has 0 spiro atoms. The number of rotatable bonds is 5. The number of unbranched alkanes of at least 4 members (excludes halogenated alkanes) is 3. The van der Waals surface area contributed by atoms with Crippen LogP contribution in [0.3, 0.4) is 0 Å². The van der Waals surface area contributed by atoms with E-state index in [0.717, 1.165) is 6.54 Å². The summed E-state index contributed by atoms with van der Waals surface area (Å²) in [7, 11) is 0. The van der Waals surface area contributed by atoms with Crippen molar-refractivity contribution in [2.45, 2.75) is 39.5 Å². The molecule has 0 aromatic heterocycles. The van der Waals surface area contributed by atoms with Gasteiger partial charge in [0, 0.05) is 13.1 Å². The number of hydrogen-bond donors (Lipinski definition) is 0. The van der Waals surface area contributed by atoms with Gasteiger partial charge in [0.1, 0.15) is 0 Å². The highest BCUT2D eigenvalue weighted by molar-refractivity contribution is 8.93. The molecule has 0 bridgehead atoms. The van der Waals surface area contributed by atoms with Crippen molar-refractivity contribution in [2.75, 3.05) is 13.1 Å². The fourth-order valence-electron chi connectivity index (χ4n) is 1.65. The van der Waals surface area contributed by atoms with Crippen LogP contribution in [0.2, 0.25) is 0 Å². The third kappa shape index (κ3) is 5.48. The molecule has 0 radical (unpaired) electrons. The standard InChI is InChI=1S/C12H21N.BrH/c1-3-4-5-6-9-13-10-7-8-12(2)11-13;/h7-8,10H,3-6,9,11H2,1-2H3;1H. The Morgan fingerprint density at radius 1 is 1.29 bits per heavy atom. The molecule has 1 nitrogen and oxygen atoms in total. The molecule has 0 fully saturated rings. The zero-order valence-electron chi connectivity index (χ0n) is 9.33. The van der Waals surface area contributed by atoms with Crippen molar-refractivity contribution in [1.29, 1.82) is 0 Å². The molecule has 0 unspecified atom stereocenters. The van der Waals surface area contributed by atoms with E-state index in [1.165, 1.54) is 37.8 Å². The van der Waals surface area contributed by atoms with Crippen LogP contribution in [-0.2, 0) is 0 Å². The van der Waals surface area contributed by atoms with Gasteiger partial charge in [0.2, 0.25) is 0 Å². The third-order valence-electron chi connectivity index (χ3n) is 2.43. The lowest BCUT2D eigenvalue weighted by atomic mass is 10.1. The quantitative estimate of drug-likeness (QED) is 0.677. The molecule has 0 aromatic rings. The molecule has 0 saturated heterocycles. The first-order chi connectivity index (χ1) is 6.33. The summed E-state index contributed by atoms with van der Waals surface area (Å²) in [6.07, 6.45) is 12.0. The molecule has 82 valence electrons. The highest BCUT2D eigenvalue weighted by atomic mass is 79.9. The SMILES string of the molecule is Br.CCCCCCN1C=CC=C(C)C1. The molecule has 0 saturated carbocycles. The van der Waals surface area contributed by atoms with Crippen LogP contribution >= 0.6 is 17.0 Å². The van der Waals surface area contributed by atoms with Gasteiger partial charge in [-0.1, -0.05) is 37.8 Å². The maximum Gasteiger partial charge on any atom is 0.0383 e. The van der Waals surface area contributed by atoms with Crippen LogP contribution in [0.25, 0.3) is 0 Å². The van der Waals surface area contributed by atoms with Gasteiger partial charge in [-0.15, -0.1) is 17.0 Å². The lowest BCUT2D eigenvalue weighted by molar-refractivity contribution is 0.385. The van der Waals surface area contributed by atoms with Crippen molar-refractivity contribution >= 4 is 17.0 Å². The molecule has 14 heavy (non-hydrogen) atoms. The maximum absolute atomic E-state index is 2.41. The van der Waals surface area contributed by atoms with Crippen molar-refractivity contribution in [3.05, 3.63) is 23.9 Å². The average Bonchev–Trinajstić information content (AvgIpc) is 2.13. The average molecular weight is 260 g/mol. The Kier molecular flexibility index (Phi) is 7.96. The summed E-state index contributed by atoms with van der Waals surface area (Å²) >= 11 is 0. The highest BCUT2D eigenvalue weighted by Gasteiger charge is 2.02. The molecule has 1 aliphatic heterocycles. The molecule has 1 aliphatic rings. The predicted molar refractivity (Wildman–Crippen MR) is 68.9 cm³/mol. The third-order valence-corrected chi connectivity index (χ3v) is 2.43. The monoisotopic (exact) mass is 259 g/mol. The largest absolute Gasteiger partial charge is 0.373 e. The predicted octanol–water partition coefficient (Wildman–Crippen LogP) is 3.92. The molecule has 1 heterocycles. The molecule has 0 aromatic carbocycles. The van der Waals surface area contributed by atoms with Gasteiger partial charge in [0.05, 0.1) is 0 Å². The fourth-order valence-corrected chi connectivity index (χ4v) is 1.65. The summed E-state index contributed by atoms with van der Waals surface area (Å²) in [4.78, 5) is 2.41. The van der Waals surface area contributed by atoms with Crippen LogP contribution < -0.4 is 0 Å². The van der Waals surface area contributed by atoms with E-state index in [1.54, 1.807) is 0 Å². The van der Waals surface area contributed by atoms with Gasteiger partial charge in [-0.05, 0) is 25.6 Å². The van der Waals surface area contributed by atoms with E-state index in [1.807, 2.05) is 0 Å². The van der Waals surface area contributed by atoms with Crippen LogP contribution in [0.15, 0.2) is 23.9 Å². The molecule has 2 heteroatoms. The van der Waals surface area contributed by atoms with Crippen molar-refractivity contribution in [2.24, 2.45) is 0 Å². The van der Waals surface area contributed by atoms with Gasteiger partial charge in [-0.2, -0.15) is 0 Å². The number of allylic oxidation sites excluding steroid dienone is 2. The maximum atomic E-state index is 2.41. The summed E-state index contributed by atoms with van der Waals surface area (Å²) in [6.45, 7) is 6.81. The lowest BCUT2D eigenvalue weighted by Crippen LogP contribution is -2.22. The van der Waals surface area contributed by atoms with E-state index in [2.05, 4.69) is 37.1 Å². The Hall–Kier alpha value is -0.240. The van der Waals surface area contributed by atoms with Crippen molar-refractivity contribution in [1.82, 2.24) is 4.90 Å². The van der Waals surface area contributed by atoms with E-state index in [9.17, 15) is 0 Å². The van der Waals surface area contributed by atoms with Crippen molar-refractivity contribution < 1.29 is 0 Å².